The Labute approximate surface area is 125 Å². The molecule has 0 N–H and O–H groups in total. The molecule has 0 radical (unpaired) electrons. The Morgan fingerprint density at radius 1 is 1.33 bits per heavy atom. The summed E-state index contributed by atoms with van der Waals surface area (Å²) >= 11 is 8.75. The summed E-state index contributed by atoms with van der Waals surface area (Å²) in [7, 11) is 0. The average molecular weight is 249 g/mol. The smallest absolute Gasteiger partial charge is 0.768 e. The fourth-order valence-electron chi connectivity index (χ4n) is 0.605. The summed E-state index contributed by atoms with van der Waals surface area (Å²) in [4.78, 5) is 0.0270. The molecule has 0 fully saturated rings. The van der Waals surface area contributed by atoms with Gasteiger partial charge in [0.15, 0.2) is 0 Å². The minimum atomic E-state index is -2.32. The Bertz CT molecular complexity index is 306. The zero-order valence-electron chi connectivity index (χ0n) is 6.21. The molecule has 6 heteroatoms. The Hall–Kier alpha value is 1.55. The third kappa shape index (κ3) is 3.73. The first-order valence-electron chi connectivity index (χ1n) is 2.65. The van der Waals surface area contributed by atoms with Crippen LogP contribution >= 0.6 is 23.2 Å². The van der Waals surface area contributed by atoms with Gasteiger partial charge in [-0.1, -0.05) is 23.2 Å². The summed E-state index contributed by atoms with van der Waals surface area (Å²) in [5.41, 5.74) is 0. The van der Waals surface area contributed by atoms with E-state index in [0.717, 1.165) is 0 Å². The summed E-state index contributed by atoms with van der Waals surface area (Å²) in [5, 5.41) is 0.538. The molecule has 1 atom stereocenters. The molecular formula is C6H3Cl2KO2S. The predicted molar refractivity (Wildman–Crippen MR) is 43.6 cm³/mol. The average Bonchev–Trinajstić information content (AvgIpc) is 1.94. The van der Waals surface area contributed by atoms with Crippen molar-refractivity contribution in [1.82, 2.24) is 0 Å². The molecule has 0 aliphatic carbocycles. The van der Waals surface area contributed by atoms with Crippen molar-refractivity contribution in [2.24, 2.45) is 0 Å². The molecule has 0 aliphatic heterocycles. The van der Waals surface area contributed by atoms with Gasteiger partial charge in [0.25, 0.3) is 0 Å². The zero-order valence-corrected chi connectivity index (χ0v) is 11.7. The van der Waals surface area contributed by atoms with Crippen molar-refractivity contribution < 1.29 is 60.1 Å². The van der Waals surface area contributed by atoms with Gasteiger partial charge in [-0.25, -0.2) is 0 Å². The Balaban J connectivity index is 0.00000121. The van der Waals surface area contributed by atoms with Gasteiger partial charge in [-0.2, -0.15) is 0 Å². The number of hydrogen-bond donors (Lipinski definition) is 0. The molecule has 1 rings (SSSR count). The fourth-order valence-corrected chi connectivity index (χ4v) is 1.60. The second kappa shape index (κ2) is 6.11. The van der Waals surface area contributed by atoms with Crippen molar-refractivity contribution in [3.63, 3.8) is 0 Å². The van der Waals surface area contributed by atoms with Gasteiger partial charge in [0, 0.05) is 9.92 Å². The summed E-state index contributed by atoms with van der Waals surface area (Å²) in [6, 6.07) is 4.27. The first kappa shape index (κ1) is 13.5. The van der Waals surface area contributed by atoms with Gasteiger partial charge >= 0.3 is 51.4 Å². The molecular weight excluding hydrogens is 246 g/mol. The van der Waals surface area contributed by atoms with E-state index >= 15 is 0 Å². The van der Waals surface area contributed by atoms with Gasteiger partial charge in [0.1, 0.15) is 0 Å². The second-order valence-electron chi connectivity index (χ2n) is 1.81. The topological polar surface area (TPSA) is 40.1 Å². The van der Waals surface area contributed by atoms with Crippen LogP contribution in [-0.2, 0) is 11.1 Å². The summed E-state index contributed by atoms with van der Waals surface area (Å²) < 4.78 is 20.9. The van der Waals surface area contributed by atoms with Crippen molar-refractivity contribution >= 4 is 34.3 Å². The molecule has 12 heavy (non-hydrogen) atoms. The zero-order chi connectivity index (χ0) is 8.43. The molecule has 0 saturated heterocycles. The SMILES string of the molecule is O=S([O-])c1cc(Cl)ccc1Cl.[K+]. The van der Waals surface area contributed by atoms with Crippen molar-refractivity contribution in [1.29, 1.82) is 0 Å². The monoisotopic (exact) mass is 248 g/mol. The van der Waals surface area contributed by atoms with Crippen LogP contribution < -0.4 is 51.4 Å². The van der Waals surface area contributed by atoms with Crippen LogP contribution in [0.25, 0.3) is 0 Å². The first-order chi connectivity index (χ1) is 5.11. The van der Waals surface area contributed by atoms with E-state index in [1.54, 1.807) is 0 Å². The van der Waals surface area contributed by atoms with E-state index in [4.69, 9.17) is 23.2 Å². The minimum Gasteiger partial charge on any atom is -0.768 e. The molecule has 60 valence electrons. The van der Waals surface area contributed by atoms with Crippen LogP contribution in [0.3, 0.4) is 0 Å². The molecule has 0 aliphatic rings. The van der Waals surface area contributed by atoms with Gasteiger partial charge in [-0.15, -0.1) is 0 Å². The van der Waals surface area contributed by atoms with E-state index in [-0.39, 0.29) is 61.3 Å². The van der Waals surface area contributed by atoms with Crippen molar-refractivity contribution in [3.8, 4) is 0 Å². The molecule has 1 unspecified atom stereocenters. The van der Waals surface area contributed by atoms with Crippen LogP contribution in [0.4, 0.5) is 0 Å². The molecule has 2 nitrogen and oxygen atoms in total. The van der Waals surface area contributed by atoms with Gasteiger partial charge in [-0.3, -0.25) is 4.21 Å². The van der Waals surface area contributed by atoms with E-state index in [0.29, 0.717) is 5.02 Å². The molecule has 1 aromatic rings. The minimum absolute atomic E-state index is 0. The Morgan fingerprint density at radius 3 is 2.33 bits per heavy atom. The quantitative estimate of drug-likeness (QED) is 0.484. The van der Waals surface area contributed by atoms with E-state index < -0.39 is 11.1 Å². The molecule has 0 heterocycles. The van der Waals surface area contributed by atoms with Crippen molar-refractivity contribution in [3.05, 3.63) is 28.2 Å². The Kier molecular flexibility index (Phi) is 6.90. The van der Waals surface area contributed by atoms with Crippen molar-refractivity contribution in [2.45, 2.75) is 4.90 Å². The van der Waals surface area contributed by atoms with Gasteiger partial charge in [-0.05, 0) is 29.3 Å². The van der Waals surface area contributed by atoms with Gasteiger partial charge < -0.3 is 4.55 Å². The van der Waals surface area contributed by atoms with Crippen LogP contribution in [0.15, 0.2) is 23.1 Å². The third-order valence-corrected chi connectivity index (χ3v) is 2.45. The molecule has 1 aromatic carbocycles. The van der Waals surface area contributed by atoms with Crippen LogP contribution in [0.5, 0.6) is 0 Å². The third-order valence-electron chi connectivity index (χ3n) is 1.07. The molecule has 0 spiro atoms. The normalized spacial score (nSPS) is 11.9. The van der Waals surface area contributed by atoms with E-state index in [2.05, 4.69) is 0 Å². The van der Waals surface area contributed by atoms with E-state index in [9.17, 15) is 8.76 Å². The van der Waals surface area contributed by atoms with E-state index in [1.807, 2.05) is 0 Å². The largest absolute Gasteiger partial charge is 1.00 e. The summed E-state index contributed by atoms with van der Waals surface area (Å²) in [6.45, 7) is 0. The van der Waals surface area contributed by atoms with Gasteiger partial charge in [0.05, 0.1) is 5.02 Å². The maximum absolute atomic E-state index is 10.4. The maximum Gasteiger partial charge on any atom is 1.00 e. The molecule has 0 aromatic heterocycles. The maximum atomic E-state index is 10.4. The Morgan fingerprint density at radius 2 is 1.92 bits per heavy atom. The molecule has 0 saturated carbocycles. The van der Waals surface area contributed by atoms with Gasteiger partial charge in [0.2, 0.25) is 0 Å². The first-order valence-corrected chi connectivity index (χ1v) is 4.48. The summed E-state index contributed by atoms with van der Waals surface area (Å²) in [5.74, 6) is 0. The molecule has 0 amide bonds. The fraction of sp³-hybridized carbons (Fsp3) is 0. The molecule has 0 bridgehead atoms. The summed E-state index contributed by atoms with van der Waals surface area (Å²) in [6.07, 6.45) is 0. The van der Waals surface area contributed by atoms with E-state index in [1.165, 1.54) is 18.2 Å². The second-order valence-corrected chi connectivity index (χ2v) is 3.56. The number of benzene rings is 1. The van der Waals surface area contributed by atoms with Crippen LogP contribution in [0, 0.1) is 0 Å². The standard InChI is InChI=1S/C6H4Cl2O2S.K/c7-4-1-2-5(8)6(3-4)11(9)10;/h1-3H,(H,9,10);/q;+1/p-1. The van der Waals surface area contributed by atoms with Crippen LogP contribution in [-0.4, -0.2) is 8.76 Å². The number of hydrogen-bond acceptors (Lipinski definition) is 2. The predicted octanol–water partition coefficient (Wildman–Crippen LogP) is -0.765. The van der Waals surface area contributed by atoms with Crippen molar-refractivity contribution in [2.75, 3.05) is 0 Å². The number of rotatable bonds is 1. The van der Waals surface area contributed by atoms with Crippen LogP contribution in [0.2, 0.25) is 10.0 Å². The number of halogens is 2. The van der Waals surface area contributed by atoms with Crippen LogP contribution in [0.1, 0.15) is 0 Å².